The molecule has 4 aromatic rings. The Hall–Kier alpha value is -3.68. The van der Waals surface area contributed by atoms with Gasteiger partial charge in [0.15, 0.2) is 5.82 Å². The van der Waals surface area contributed by atoms with E-state index in [1.807, 2.05) is 13.8 Å². The number of ether oxygens (including phenoxy) is 1. The van der Waals surface area contributed by atoms with Gasteiger partial charge in [0.1, 0.15) is 34.8 Å². The first-order valence-electron chi connectivity index (χ1n) is 8.57. The number of hydrogen-bond donors (Lipinski definition) is 2. The molecular formula is C20H16FN3O4. The van der Waals surface area contributed by atoms with Crippen LogP contribution in [0.3, 0.4) is 0 Å². The van der Waals surface area contributed by atoms with E-state index in [0.717, 1.165) is 0 Å². The fraction of sp³-hybridized carbons (Fsp3) is 0.150. The minimum atomic E-state index is -1.15. The van der Waals surface area contributed by atoms with E-state index in [2.05, 4.69) is 15.2 Å². The lowest BCUT2D eigenvalue weighted by Crippen LogP contribution is -2.07. The van der Waals surface area contributed by atoms with Crippen molar-refractivity contribution in [3.05, 3.63) is 54.1 Å². The number of nitrogens with one attached hydrogen (secondary N) is 1. The van der Waals surface area contributed by atoms with E-state index in [-0.39, 0.29) is 17.4 Å². The summed E-state index contributed by atoms with van der Waals surface area (Å²) in [6, 6.07) is 8.73. The molecule has 2 N–H and O–H groups in total. The summed E-state index contributed by atoms with van der Waals surface area (Å²) in [4.78, 5) is 14.9. The van der Waals surface area contributed by atoms with E-state index in [9.17, 15) is 14.3 Å². The van der Waals surface area contributed by atoms with Crippen LogP contribution >= 0.6 is 0 Å². The molecule has 0 bridgehead atoms. The van der Waals surface area contributed by atoms with Crippen LogP contribution in [0.2, 0.25) is 0 Å². The van der Waals surface area contributed by atoms with Gasteiger partial charge in [0.2, 0.25) is 0 Å². The van der Waals surface area contributed by atoms with Gasteiger partial charge in [-0.1, -0.05) is 0 Å². The Bertz CT molecular complexity index is 1150. The van der Waals surface area contributed by atoms with E-state index in [1.165, 1.54) is 30.6 Å². The van der Waals surface area contributed by atoms with E-state index < -0.39 is 11.8 Å². The lowest BCUT2D eigenvalue weighted by atomic mass is 10.0. The molecule has 0 aliphatic rings. The van der Waals surface area contributed by atoms with Crippen molar-refractivity contribution in [3.8, 4) is 28.5 Å². The van der Waals surface area contributed by atoms with E-state index in [1.54, 1.807) is 12.1 Å². The lowest BCUT2D eigenvalue weighted by Gasteiger charge is -2.13. The molecule has 0 saturated carbocycles. The molecule has 0 unspecified atom stereocenters. The molecule has 0 amide bonds. The van der Waals surface area contributed by atoms with Gasteiger partial charge < -0.3 is 19.2 Å². The number of fused-ring (bicyclic) bond motifs is 1. The number of carboxylic acid groups (broad SMARTS) is 1. The number of H-pyrrole nitrogens is 1. The van der Waals surface area contributed by atoms with Crippen molar-refractivity contribution in [1.82, 2.24) is 15.2 Å². The van der Waals surface area contributed by atoms with Crippen molar-refractivity contribution >= 4 is 16.9 Å². The highest BCUT2D eigenvalue weighted by molar-refractivity contribution is 6.09. The van der Waals surface area contributed by atoms with Crippen molar-refractivity contribution in [2.75, 3.05) is 0 Å². The standard InChI is InChI=1S/C20H16FN3O4/c1-10(2)27-16-7-13-15(8-14(16)19-22-9-23-24-19)28-18(17(13)20(25)26)11-3-5-12(21)6-4-11/h3-10H,1-2H3,(H,25,26)(H,22,23,24). The zero-order chi connectivity index (χ0) is 19.8. The highest BCUT2D eigenvalue weighted by atomic mass is 19.1. The minimum Gasteiger partial charge on any atom is -0.490 e. The SMILES string of the molecule is CC(C)Oc1cc2c(C(=O)O)c(-c3ccc(F)cc3)oc2cc1-c1nnc[nH]1. The van der Waals surface area contributed by atoms with Crippen LogP contribution in [0.4, 0.5) is 4.39 Å². The summed E-state index contributed by atoms with van der Waals surface area (Å²) < 4.78 is 25.0. The number of hydrogen-bond acceptors (Lipinski definition) is 5. The smallest absolute Gasteiger partial charge is 0.340 e. The third kappa shape index (κ3) is 3.09. The van der Waals surface area contributed by atoms with Crippen LogP contribution in [0.15, 0.2) is 47.1 Å². The number of aromatic amines is 1. The van der Waals surface area contributed by atoms with Gasteiger partial charge in [-0.15, -0.1) is 10.2 Å². The molecule has 142 valence electrons. The van der Waals surface area contributed by atoms with Crippen molar-refractivity contribution in [1.29, 1.82) is 0 Å². The van der Waals surface area contributed by atoms with Crippen LogP contribution in [0.25, 0.3) is 33.7 Å². The predicted molar refractivity (Wildman–Crippen MR) is 99.7 cm³/mol. The highest BCUT2D eigenvalue weighted by Gasteiger charge is 2.24. The molecule has 2 aromatic heterocycles. The normalized spacial score (nSPS) is 11.3. The molecule has 4 rings (SSSR count). The second kappa shape index (κ2) is 6.80. The number of nitrogens with zero attached hydrogens (tertiary/aromatic N) is 2. The Kier molecular flexibility index (Phi) is 4.31. The number of furan rings is 1. The third-order valence-electron chi connectivity index (χ3n) is 4.15. The number of halogens is 1. The van der Waals surface area contributed by atoms with Gasteiger partial charge in [-0.2, -0.15) is 0 Å². The second-order valence-corrected chi connectivity index (χ2v) is 6.47. The summed E-state index contributed by atoms with van der Waals surface area (Å²) >= 11 is 0. The van der Waals surface area contributed by atoms with Gasteiger partial charge in [-0.05, 0) is 50.2 Å². The number of aromatic carboxylic acids is 1. The van der Waals surface area contributed by atoms with Crippen LogP contribution < -0.4 is 4.74 Å². The molecule has 0 spiro atoms. The summed E-state index contributed by atoms with van der Waals surface area (Å²) in [7, 11) is 0. The van der Waals surface area contributed by atoms with E-state index in [0.29, 0.717) is 33.7 Å². The molecule has 0 fully saturated rings. The number of benzene rings is 2. The highest BCUT2D eigenvalue weighted by Crippen LogP contribution is 2.40. The first-order valence-corrected chi connectivity index (χ1v) is 8.57. The fourth-order valence-electron chi connectivity index (χ4n) is 3.01. The number of carbonyl (C=O) groups is 1. The largest absolute Gasteiger partial charge is 0.490 e. The fourth-order valence-corrected chi connectivity index (χ4v) is 3.01. The summed E-state index contributed by atoms with van der Waals surface area (Å²) in [5.74, 6) is -0.506. The molecule has 0 aliphatic heterocycles. The first-order chi connectivity index (χ1) is 13.4. The van der Waals surface area contributed by atoms with Gasteiger partial charge >= 0.3 is 5.97 Å². The van der Waals surface area contributed by atoms with Crippen LogP contribution in [0, 0.1) is 5.82 Å². The number of rotatable bonds is 5. The molecule has 2 heterocycles. The average molecular weight is 381 g/mol. The van der Waals surface area contributed by atoms with Crippen LogP contribution in [-0.4, -0.2) is 32.4 Å². The maximum Gasteiger partial charge on any atom is 0.340 e. The molecule has 0 saturated heterocycles. The Balaban J connectivity index is 1.99. The molecule has 8 heteroatoms. The molecule has 0 radical (unpaired) electrons. The average Bonchev–Trinajstić information content (AvgIpc) is 3.28. The van der Waals surface area contributed by atoms with Crippen LogP contribution in [-0.2, 0) is 0 Å². The quantitative estimate of drug-likeness (QED) is 0.527. The zero-order valence-corrected chi connectivity index (χ0v) is 15.1. The van der Waals surface area contributed by atoms with Gasteiger partial charge in [0, 0.05) is 10.9 Å². The van der Waals surface area contributed by atoms with Gasteiger partial charge in [0.05, 0.1) is 11.7 Å². The number of aromatic nitrogens is 3. The molecule has 7 nitrogen and oxygen atoms in total. The number of carboxylic acids is 1. The molecule has 0 atom stereocenters. The van der Waals surface area contributed by atoms with Crippen LogP contribution in [0.1, 0.15) is 24.2 Å². The van der Waals surface area contributed by atoms with E-state index >= 15 is 0 Å². The summed E-state index contributed by atoms with van der Waals surface area (Å²) in [5.41, 5.74) is 1.39. The van der Waals surface area contributed by atoms with Crippen molar-refractivity contribution in [3.63, 3.8) is 0 Å². The first kappa shape index (κ1) is 17.7. The summed E-state index contributed by atoms with van der Waals surface area (Å²) in [6.07, 6.45) is 1.30. The van der Waals surface area contributed by atoms with Gasteiger partial charge in [0.25, 0.3) is 0 Å². The maximum atomic E-state index is 13.3. The van der Waals surface area contributed by atoms with Crippen molar-refractivity contribution < 1.29 is 23.4 Å². The lowest BCUT2D eigenvalue weighted by molar-refractivity contribution is 0.0699. The van der Waals surface area contributed by atoms with E-state index in [4.69, 9.17) is 9.15 Å². The summed E-state index contributed by atoms with van der Waals surface area (Å²) in [6.45, 7) is 3.73. The maximum absolute atomic E-state index is 13.3. The van der Waals surface area contributed by atoms with Gasteiger partial charge in [-0.3, -0.25) is 0 Å². The molecule has 2 aromatic carbocycles. The second-order valence-electron chi connectivity index (χ2n) is 6.47. The predicted octanol–water partition coefficient (Wildman–Crippen LogP) is 4.51. The Morgan fingerprint density at radius 3 is 2.61 bits per heavy atom. The Morgan fingerprint density at radius 1 is 1.25 bits per heavy atom. The van der Waals surface area contributed by atoms with Gasteiger partial charge in [-0.25, -0.2) is 9.18 Å². The summed E-state index contributed by atoms with van der Waals surface area (Å²) in [5, 5.41) is 18.0. The van der Waals surface area contributed by atoms with Crippen molar-refractivity contribution in [2.24, 2.45) is 0 Å². The topological polar surface area (TPSA) is 101 Å². The Labute approximate surface area is 158 Å². The molecular weight excluding hydrogens is 365 g/mol. The monoisotopic (exact) mass is 381 g/mol. The van der Waals surface area contributed by atoms with Crippen LogP contribution in [0.5, 0.6) is 5.75 Å². The molecule has 0 aliphatic carbocycles. The minimum absolute atomic E-state index is 0.0145. The Morgan fingerprint density at radius 2 is 2.00 bits per heavy atom. The molecule has 28 heavy (non-hydrogen) atoms. The van der Waals surface area contributed by atoms with Crippen molar-refractivity contribution in [2.45, 2.75) is 20.0 Å². The zero-order valence-electron chi connectivity index (χ0n) is 15.1. The third-order valence-corrected chi connectivity index (χ3v) is 4.15.